The predicted octanol–water partition coefficient (Wildman–Crippen LogP) is 5.05. The van der Waals surface area contributed by atoms with E-state index in [-0.39, 0.29) is 0 Å². The molecule has 5 aromatic rings. The molecule has 0 saturated heterocycles. The van der Waals surface area contributed by atoms with Gasteiger partial charge in [-0.15, -0.1) is 11.3 Å². The molecule has 1 N–H and O–H groups in total. The van der Waals surface area contributed by atoms with E-state index < -0.39 is 0 Å². The van der Waals surface area contributed by atoms with Gasteiger partial charge in [0.2, 0.25) is 0 Å². The number of pyridine rings is 1. The molecule has 124 valence electrons. The fourth-order valence-electron chi connectivity index (χ4n) is 2.95. The molecule has 0 saturated carbocycles. The molecule has 2 aromatic carbocycles. The Balaban J connectivity index is 1.60. The molecule has 0 fully saturated rings. The van der Waals surface area contributed by atoms with Crippen LogP contribution < -0.4 is 5.32 Å². The highest BCUT2D eigenvalue weighted by atomic mass is 32.1. The van der Waals surface area contributed by atoms with Crippen LogP contribution in [0, 0.1) is 0 Å². The van der Waals surface area contributed by atoms with Crippen molar-refractivity contribution in [1.29, 1.82) is 0 Å². The van der Waals surface area contributed by atoms with Crippen molar-refractivity contribution in [3.8, 4) is 11.1 Å². The van der Waals surface area contributed by atoms with E-state index in [0.717, 1.165) is 39.1 Å². The molecule has 0 spiro atoms. The van der Waals surface area contributed by atoms with Crippen LogP contribution >= 0.6 is 11.3 Å². The Morgan fingerprint density at radius 2 is 1.69 bits per heavy atom. The summed E-state index contributed by atoms with van der Waals surface area (Å²) >= 11 is 1.63. The minimum atomic E-state index is 0.778. The largest absolute Gasteiger partial charge is 0.340 e. The molecular formula is C20H13N5S. The first-order chi connectivity index (χ1) is 12.9. The van der Waals surface area contributed by atoms with Crippen molar-refractivity contribution >= 4 is 44.0 Å². The van der Waals surface area contributed by atoms with Crippen molar-refractivity contribution in [2.75, 3.05) is 5.32 Å². The van der Waals surface area contributed by atoms with Crippen molar-refractivity contribution in [2.45, 2.75) is 0 Å². The Morgan fingerprint density at radius 1 is 0.769 bits per heavy atom. The van der Waals surface area contributed by atoms with E-state index in [9.17, 15) is 0 Å². The molecule has 6 heteroatoms. The van der Waals surface area contributed by atoms with Crippen molar-refractivity contribution in [3.05, 3.63) is 72.8 Å². The third kappa shape index (κ3) is 2.66. The van der Waals surface area contributed by atoms with Gasteiger partial charge in [0.15, 0.2) is 0 Å². The Hall–Kier alpha value is -3.38. The topological polar surface area (TPSA) is 63.6 Å². The molecule has 0 aliphatic heterocycles. The smallest absolute Gasteiger partial charge is 0.141 e. The number of hydrogen-bond acceptors (Lipinski definition) is 6. The van der Waals surface area contributed by atoms with Crippen molar-refractivity contribution in [1.82, 2.24) is 19.9 Å². The number of anilines is 2. The second-order valence-corrected chi connectivity index (χ2v) is 6.74. The van der Waals surface area contributed by atoms with Gasteiger partial charge in [-0.3, -0.25) is 4.98 Å². The second-order valence-electron chi connectivity index (χ2n) is 5.85. The molecule has 0 aliphatic rings. The lowest BCUT2D eigenvalue weighted by Crippen LogP contribution is -1.96. The summed E-state index contributed by atoms with van der Waals surface area (Å²) in [5.41, 5.74) is 6.91. The molecule has 0 radical (unpaired) electrons. The highest BCUT2D eigenvalue weighted by Crippen LogP contribution is 2.29. The molecule has 0 unspecified atom stereocenters. The van der Waals surface area contributed by atoms with Gasteiger partial charge in [0.1, 0.15) is 12.1 Å². The average molecular weight is 355 g/mol. The summed E-state index contributed by atoms with van der Waals surface area (Å²) in [4.78, 5) is 17.3. The van der Waals surface area contributed by atoms with Gasteiger partial charge in [0.25, 0.3) is 0 Å². The summed E-state index contributed by atoms with van der Waals surface area (Å²) in [6, 6.07) is 16.3. The first kappa shape index (κ1) is 14.9. The average Bonchev–Trinajstić information content (AvgIpc) is 3.16. The molecule has 26 heavy (non-hydrogen) atoms. The summed E-state index contributed by atoms with van der Waals surface area (Å²) in [6.07, 6.45) is 5.17. The number of nitrogens with one attached hydrogen (secondary N) is 1. The fraction of sp³-hybridized carbons (Fsp3) is 0. The van der Waals surface area contributed by atoms with Crippen molar-refractivity contribution in [2.24, 2.45) is 0 Å². The van der Waals surface area contributed by atoms with Crippen LogP contribution in [0.2, 0.25) is 0 Å². The number of fused-ring (bicyclic) bond motifs is 2. The van der Waals surface area contributed by atoms with Crippen LogP contribution in [0.5, 0.6) is 0 Å². The molecule has 5 nitrogen and oxygen atoms in total. The maximum absolute atomic E-state index is 4.45. The van der Waals surface area contributed by atoms with E-state index in [1.807, 2.05) is 35.8 Å². The first-order valence-electron chi connectivity index (χ1n) is 8.12. The third-order valence-corrected chi connectivity index (χ3v) is 5.05. The lowest BCUT2D eigenvalue weighted by Gasteiger charge is -2.10. The SMILES string of the molecule is c1cc(-c2ccc3ncnc(Nc4ccc5scnc5c4)c3c2)ccn1. The monoisotopic (exact) mass is 355 g/mol. The van der Waals surface area contributed by atoms with Gasteiger partial charge in [0.05, 0.1) is 21.2 Å². The molecule has 0 amide bonds. The maximum Gasteiger partial charge on any atom is 0.141 e. The quantitative estimate of drug-likeness (QED) is 0.491. The molecule has 0 bridgehead atoms. The normalized spacial score (nSPS) is 11.1. The van der Waals surface area contributed by atoms with E-state index in [2.05, 4.69) is 43.5 Å². The Labute approximate surface area is 153 Å². The molecular weight excluding hydrogens is 342 g/mol. The fourth-order valence-corrected chi connectivity index (χ4v) is 3.61. The van der Waals surface area contributed by atoms with E-state index in [1.165, 1.54) is 4.70 Å². The van der Waals surface area contributed by atoms with Crippen molar-refractivity contribution < 1.29 is 0 Å². The van der Waals surface area contributed by atoms with Crippen LogP contribution in [0.4, 0.5) is 11.5 Å². The van der Waals surface area contributed by atoms with E-state index in [4.69, 9.17) is 0 Å². The summed E-state index contributed by atoms with van der Waals surface area (Å²) in [6.45, 7) is 0. The summed E-state index contributed by atoms with van der Waals surface area (Å²) in [5, 5.41) is 4.38. The van der Waals surface area contributed by atoms with Gasteiger partial charge in [-0.05, 0) is 53.6 Å². The Morgan fingerprint density at radius 3 is 2.62 bits per heavy atom. The van der Waals surface area contributed by atoms with Crippen LogP contribution in [-0.2, 0) is 0 Å². The lowest BCUT2D eigenvalue weighted by molar-refractivity contribution is 1.22. The first-order valence-corrected chi connectivity index (χ1v) is 9.00. The standard InChI is InChI=1S/C20H13N5S/c1-3-17-16(9-14(1)13-5-7-21-8-6-13)20(23-11-22-17)25-15-2-4-19-18(10-15)24-12-26-19/h1-12H,(H,22,23,25). The molecule has 3 aromatic heterocycles. The molecule has 3 heterocycles. The minimum absolute atomic E-state index is 0.778. The highest BCUT2D eigenvalue weighted by molar-refractivity contribution is 7.16. The van der Waals surface area contributed by atoms with E-state index >= 15 is 0 Å². The second kappa shape index (κ2) is 6.16. The predicted molar refractivity (Wildman–Crippen MR) is 106 cm³/mol. The van der Waals surface area contributed by atoms with Crippen LogP contribution in [0.25, 0.3) is 32.2 Å². The zero-order chi connectivity index (χ0) is 17.3. The maximum atomic E-state index is 4.45. The Kier molecular flexibility index (Phi) is 3.54. The lowest BCUT2D eigenvalue weighted by atomic mass is 10.0. The van der Waals surface area contributed by atoms with Crippen molar-refractivity contribution in [3.63, 3.8) is 0 Å². The summed E-state index contributed by atoms with van der Waals surface area (Å²) in [7, 11) is 0. The number of benzene rings is 2. The summed E-state index contributed by atoms with van der Waals surface area (Å²) in [5.74, 6) is 0.778. The minimum Gasteiger partial charge on any atom is -0.340 e. The highest BCUT2D eigenvalue weighted by Gasteiger charge is 2.07. The zero-order valence-electron chi connectivity index (χ0n) is 13.6. The molecule has 0 atom stereocenters. The van der Waals surface area contributed by atoms with Gasteiger partial charge < -0.3 is 5.32 Å². The van der Waals surface area contributed by atoms with Gasteiger partial charge >= 0.3 is 0 Å². The van der Waals surface area contributed by atoms with Crippen LogP contribution in [0.15, 0.2) is 72.8 Å². The number of aromatic nitrogens is 4. The van der Waals surface area contributed by atoms with Crippen LogP contribution in [0.1, 0.15) is 0 Å². The van der Waals surface area contributed by atoms with Gasteiger partial charge in [0, 0.05) is 23.5 Å². The van der Waals surface area contributed by atoms with Gasteiger partial charge in [-0.1, -0.05) is 6.07 Å². The number of nitrogens with zero attached hydrogens (tertiary/aromatic N) is 4. The van der Waals surface area contributed by atoms with E-state index in [0.29, 0.717) is 0 Å². The molecule has 5 rings (SSSR count). The number of rotatable bonds is 3. The van der Waals surface area contributed by atoms with E-state index in [1.54, 1.807) is 30.1 Å². The third-order valence-electron chi connectivity index (χ3n) is 4.24. The van der Waals surface area contributed by atoms with Crippen LogP contribution in [0.3, 0.4) is 0 Å². The Bertz CT molecular complexity index is 1220. The van der Waals surface area contributed by atoms with Gasteiger partial charge in [-0.2, -0.15) is 0 Å². The number of thiazole rings is 1. The zero-order valence-corrected chi connectivity index (χ0v) is 14.4. The molecule has 0 aliphatic carbocycles. The van der Waals surface area contributed by atoms with Crippen LogP contribution in [-0.4, -0.2) is 19.9 Å². The van der Waals surface area contributed by atoms with Gasteiger partial charge in [-0.25, -0.2) is 15.0 Å². The summed E-state index contributed by atoms with van der Waals surface area (Å²) < 4.78 is 1.17. The number of hydrogen-bond donors (Lipinski definition) is 1.